The minimum Gasteiger partial charge on any atom is -0.463 e. The number of carbonyl (C=O) groups is 2. The molecule has 1 aromatic rings. The van der Waals surface area contributed by atoms with Gasteiger partial charge in [-0.25, -0.2) is 4.79 Å². The lowest BCUT2D eigenvalue weighted by Gasteiger charge is -2.23. The molecule has 2 rings (SSSR count). The Bertz CT molecular complexity index is 438. The Kier molecular flexibility index (Phi) is 2.55. The van der Waals surface area contributed by atoms with Crippen molar-refractivity contribution in [3.63, 3.8) is 0 Å². The van der Waals surface area contributed by atoms with Gasteiger partial charge in [-0.3, -0.25) is 4.79 Å². The maximum absolute atomic E-state index is 11.5. The predicted molar refractivity (Wildman–Crippen MR) is 56.4 cm³/mol. The van der Waals surface area contributed by atoms with Crippen LogP contribution in [0.3, 0.4) is 0 Å². The summed E-state index contributed by atoms with van der Waals surface area (Å²) in [5.74, 6) is -0.622. The fourth-order valence-corrected chi connectivity index (χ4v) is 1.58. The summed E-state index contributed by atoms with van der Waals surface area (Å²) in [6.07, 6.45) is 1.94. The third-order valence-electron chi connectivity index (χ3n) is 2.46. The van der Waals surface area contributed by atoms with E-state index in [1.807, 2.05) is 6.92 Å². The van der Waals surface area contributed by atoms with Crippen molar-refractivity contribution in [2.45, 2.75) is 19.4 Å². The van der Waals surface area contributed by atoms with Gasteiger partial charge in [0, 0.05) is 0 Å². The number of methoxy groups -OCH3 is 1. The van der Waals surface area contributed by atoms with E-state index < -0.39 is 5.97 Å². The van der Waals surface area contributed by atoms with E-state index in [0.29, 0.717) is 17.8 Å². The topological polar surface area (TPSA) is 80.6 Å². The summed E-state index contributed by atoms with van der Waals surface area (Å²) in [6, 6.07) is -0.353. The van der Waals surface area contributed by atoms with Crippen molar-refractivity contribution in [2.75, 3.05) is 17.7 Å². The van der Waals surface area contributed by atoms with E-state index in [0.717, 1.165) is 0 Å². The second-order valence-corrected chi connectivity index (χ2v) is 3.44. The standard InChI is InChI=1S/C10H12N2O4/c1-3-5-9(13)12-6-4-16-8(7(6)11-5)10(14)15-2/h4-5,11H,3H2,1-2H3,(H,12,13). The van der Waals surface area contributed by atoms with E-state index in [4.69, 9.17) is 4.42 Å². The summed E-state index contributed by atoms with van der Waals surface area (Å²) in [7, 11) is 1.27. The number of fused-ring (bicyclic) bond motifs is 1. The van der Waals surface area contributed by atoms with E-state index in [-0.39, 0.29) is 17.7 Å². The summed E-state index contributed by atoms with van der Waals surface area (Å²) in [5, 5.41) is 5.61. The highest BCUT2D eigenvalue weighted by atomic mass is 16.5. The Hall–Kier alpha value is -1.98. The molecule has 16 heavy (non-hydrogen) atoms. The van der Waals surface area contributed by atoms with Gasteiger partial charge in [0.1, 0.15) is 23.7 Å². The molecule has 0 aliphatic carbocycles. The summed E-state index contributed by atoms with van der Waals surface area (Å²) in [4.78, 5) is 22.9. The molecule has 0 fully saturated rings. The van der Waals surface area contributed by atoms with Gasteiger partial charge >= 0.3 is 5.97 Å². The van der Waals surface area contributed by atoms with Crippen LogP contribution in [0, 0.1) is 0 Å². The normalized spacial score (nSPS) is 18.4. The average Bonchev–Trinajstić information content (AvgIpc) is 2.69. The van der Waals surface area contributed by atoms with Gasteiger partial charge in [-0.2, -0.15) is 0 Å². The molecule has 6 heteroatoms. The lowest BCUT2D eigenvalue weighted by atomic mass is 10.1. The first kappa shape index (κ1) is 10.5. The highest BCUT2D eigenvalue weighted by Crippen LogP contribution is 2.33. The number of ether oxygens (including phenoxy) is 1. The van der Waals surface area contributed by atoms with Gasteiger partial charge < -0.3 is 19.8 Å². The molecular weight excluding hydrogens is 212 g/mol. The van der Waals surface area contributed by atoms with Crippen molar-refractivity contribution < 1.29 is 18.7 Å². The monoisotopic (exact) mass is 224 g/mol. The summed E-state index contributed by atoms with van der Waals surface area (Å²) in [6.45, 7) is 1.88. The van der Waals surface area contributed by atoms with Gasteiger partial charge in [0.15, 0.2) is 0 Å². The van der Waals surface area contributed by atoms with Crippen LogP contribution in [0.1, 0.15) is 23.9 Å². The Morgan fingerprint density at radius 1 is 1.62 bits per heavy atom. The number of rotatable bonds is 2. The van der Waals surface area contributed by atoms with E-state index in [1.165, 1.54) is 13.4 Å². The Morgan fingerprint density at radius 2 is 2.38 bits per heavy atom. The first-order chi connectivity index (χ1) is 7.67. The number of anilines is 2. The molecule has 1 aliphatic heterocycles. The Labute approximate surface area is 91.9 Å². The van der Waals surface area contributed by atoms with Crippen LogP contribution in [0.15, 0.2) is 10.7 Å². The number of amides is 1. The van der Waals surface area contributed by atoms with Crippen molar-refractivity contribution in [1.82, 2.24) is 0 Å². The van der Waals surface area contributed by atoms with Crippen molar-refractivity contribution in [2.24, 2.45) is 0 Å². The molecule has 2 heterocycles. The molecular formula is C10H12N2O4. The number of hydrogen-bond acceptors (Lipinski definition) is 5. The second kappa shape index (κ2) is 3.88. The van der Waals surface area contributed by atoms with Gasteiger partial charge in [0.2, 0.25) is 11.7 Å². The van der Waals surface area contributed by atoms with Crippen LogP contribution in [-0.4, -0.2) is 25.0 Å². The van der Waals surface area contributed by atoms with Crippen molar-refractivity contribution in [3.05, 3.63) is 12.0 Å². The Balaban J connectivity index is 2.36. The summed E-state index contributed by atoms with van der Waals surface area (Å²) < 4.78 is 9.63. The second-order valence-electron chi connectivity index (χ2n) is 3.44. The third kappa shape index (κ3) is 1.52. The van der Waals surface area contributed by atoms with Gasteiger partial charge in [0.05, 0.1) is 7.11 Å². The SMILES string of the molecule is CCC1Nc2c(coc2C(=O)OC)NC1=O. The Morgan fingerprint density at radius 3 is 3.00 bits per heavy atom. The summed E-state index contributed by atoms with van der Waals surface area (Å²) in [5.41, 5.74) is 0.952. The van der Waals surface area contributed by atoms with E-state index in [2.05, 4.69) is 15.4 Å². The van der Waals surface area contributed by atoms with Crippen LogP contribution in [0.2, 0.25) is 0 Å². The zero-order valence-corrected chi connectivity index (χ0v) is 8.99. The fraction of sp³-hybridized carbons (Fsp3) is 0.400. The molecule has 0 aromatic carbocycles. The van der Waals surface area contributed by atoms with Crippen LogP contribution in [0.25, 0.3) is 0 Å². The molecule has 0 radical (unpaired) electrons. The van der Waals surface area contributed by atoms with E-state index in [1.54, 1.807) is 0 Å². The van der Waals surface area contributed by atoms with Crippen molar-refractivity contribution in [1.29, 1.82) is 0 Å². The quantitative estimate of drug-likeness (QED) is 0.738. The fourth-order valence-electron chi connectivity index (χ4n) is 1.58. The van der Waals surface area contributed by atoms with Crippen LogP contribution < -0.4 is 10.6 Å². The molecule has 2 N–H and O–H groups in total. The van der Waals surface area contributed by atoms with E-state index >= 15 is 0 Å². The van der Waals surface area contributed by atoms with Crippen LogP contribution in [0.4, 0.5) is 11.4 Å². The maximum atomic E-state index is 11.5. The molecule has 1 amide bonds. The average molecular weight is 224 g/mol. The first-order valence-electron chi connectivity index (χ1n) is 4.94. The highest BCUT2D eigenvalue weighted by molar-refractivity contribution is 6.07. The molecule has 1 unspecified atom stereocenters. The van der Waals surface area contributed by atoms with E-state index in [9.17, 15) is 9.59 Å². The molecule has 1 atom stereocenters. The third-order valence-corrected chi connectivity index (χ3v) is 2.46. The molecule has 1 aromatic heterocycles. The van der Waals surface area contributed by atoms with Gasteiger partial charge in [-0.1, -0.05) is 6.92 Å². The molecule has 0 bridgehead atoms. The zero-order valence-electron chi connectivity index (χ0n) is 8.99. The van der Waals surface area contributed by atoms with Crippen LogP contribution >= 0.6 is 0 Å². The molecule has 0 saturated carbocycles. The number of carbonyl (C=O) groups excluding carboxylic acids is 2. The van der Waals surface area contributed by atoms with Gasteiger partial charge in [0.25, 0.3) is 0 Å². The predicted octanol–water partition coefficient (Wildman–Crippen LogP) is 1.21. The van der Waals surface area contributed by atoms with Crippen LogP contribution in [0.5, 0.6) is 0 Å². The number of esters is 1. The molecule has 1 aliphatic rings. The minimum absolute atomic E-state index is 0.0796. The minimum atomic E-state index is -0.570. The number of nitrogens with one attached hydrogen (secondary N) is 2. The lowest BCUT2D eigenvalue weighted by molar-refractivity contribution is -0.117. The molecule has 0 saturated heterocycles. The number of hydrogen-bond donors (Lipinski definition) is 2. The molecule has 86 valence electrons. The van der Waals surface area contributed by atoms with Crippen molar-refractivity contribution in [3.8, 4) is 0 Å². The maximum Gasteiger partial charge on any atom is 0.376 e. The number of furan rings is 1. The van der Waals surface area contributed by atoms with Gasteiger partial charge in [-0.15, -0.1) is 0 Å². The van der Waals surface area contributed by atoms with Crippen molar-refractivity contribution >= 4 is 23.3 Å². The summed E-state index contributed by atoms with van der Waals surface area (Å²) >= 11 is 0. The molecule has 0 spiro atoms. The highest BCUT2D eigenvalue weighted by Gasteiger charge is 2.30. The first-order valence-corrected chi connectivity index (χ1v) is 4.94. The van der Waals surface area contributed by atoms with Crippen LogP contribution in [-0.2, 0) is 9.53 Å². The largest absolute Gasteiger partial charge is 0.463 e. The lowest BCUT2D eigenvalue weighted by Crippen LogP contribution is -2.38. The molecule has 6 nitrogen and oxygen atoms in total. The van der Waals surface area contributed by atoms with Gasteiger partial charge in [-0.05, 0) is 6.42 Å². The zero-order chi connectivity index (χ0) is 11.7. The smallest absolute Gasteiger partial charge is 0.376 e.